The Hall–Kier alpha value is -2.17. The predicted molar refractivity (Wildman–Crippen MR) is 47.9 cm³/mol. The number of rotatable bonds is 1. The topological polar surface area (TPSA) is 67.5 Å². The zero-order valence-corrected chi connectivity index (χ0v) is 7.12. The molecule has 14 heavy (non-hydrogen) atoms. The van der Waals surface area contributed by atoms with Crippen LogP contribution in [0.5, 0.6) is 5.75 Å². The number of nitrogens with zero attached hydrogens (tertiary/aromatic N) is 2. The summed E-state index contributed by atoms with van der Waals surface area (Å²) in [5.74, 6) is -0.307. The monoisotopic (exact) mass is 191 g/mol. The van der Waals surface area contributed by atoms with Crippen LogP contribution in [-0.4, -0.2) is 10.0 Å². The smallest absolute Gasteiger partial charge is 0.323 e. The normalized spacial score (nSPS) is 10.3. The molecule has 2 rings (SSSR count). The Morgan fingerprint density at radius 2 is 2.07 bits per heavy atom. The zero-order chi connectivity index (χ0) is 10.1. The van der Waals surface area contributed by atoms with Gasteiger partial charge in [-0.3, -0.25) is 10.1 Å². The maximum absolute atomic E-state index is 10.5. The molecular weight excluding hydrogens is 184 g/mol. The maximum atomic E-state index is 10.5. The van der Waals surface area contributed by atoms with Crippen LogP contribution in [0.4, 0.5) is 5.69 Å². The Labute approximate surface area is 79.0 Å². The molecule has 0 radical (unpaired) electrons. The Balaban J connectivity index is 2.81. The minimum atomic E-state index is -0.609. The van der Waals surface area contributed by atoms with Gasteiger partial charge in [-0.25, -0.2) is 0 Å². The van der Waals surface area contributed by atoms with Crippen LogP contribution in [0.25, 0.3) is 5.52 Å². The lowest BCUT2D eigenvalue weighted by Gasteiger charge is -1.95. The molecule has 0 aliphatic rings. The molecule has 0 saturated carbocycles. The van der Waals surface area contributed by atoms with Gasteiger partial charge >= 0.3 is 5.69 Å². The van der Waals surface area contributed by atoms with Crippen LogP contribution in [0.15, 0.2) is 36.7 Å². The van der Waals surface area contributed by atoms with Gasteiger partial charge in [0.2, 0.25) is 0 Å². The van der Waals surface area contributed by atoms with Gasteiger partial charge in [-0.15, -0.1) is 0 Å². The third-order valence-corrected chi connectivity index (χ3v) is 1.96. The third kappa shape index (κ3) is 1.15. The number of aromatic nitrogens is 1. The third-order valence-electron chi connectivity index (χ3n) is 1.96. The molecule has 0 fully saturated rings. The molecule has 70 valence electrons. The van der Waals surface area contributed by atoms with E-state index in [0.717, 1.165) is 0 Å². The van der Waals surface area contributed by atoms with Crippen LogP contribution in [0.3, 0.4) is 0 Å². The van der Waals surface area contributed by atoms with E-state index in [9.17, 15) is 15.2 Å². The van der Waals surface area contributed by atoms with Gasteiger partial charge in [0.1, 0.15) is 0 Å². The summed E-state index contributed by atoms with van der Waals surface area (Å²) in [6.45, 7) is 0. The van der Waals surface area contributed by atoms with E-state index in [1.54, 1.807) is 28.8 Å². The number of aromatic hydroxyl groups is 1. The first-order valence-corrected chi connectivity index (χ1v) is 3.96. The van der Waals surface area contributed by atoms with Crippen molar-refractivity contribution < 1.29 is 14.4 Å². The molecule has 0 bridgehead atoms. The van der Waals surface area contributed by atoms with E-state index < -0.39 is 4.92 Å². The molecule has 2 heterocycles. The van der Waals surface area contributed by atoms with Gasteiger partial charge in [-0.2, -0.15) is 4.40 Å². The largest absolute Gasteiger partial charge is 0.497 e. The second-order valence-electron chi connectivity index (χ2n) is 2.80. The summed E-state index contributed by atoms with van der Waals surface area (Å²) in [4.78, 5) is 9.89. The number of fused-ring (bicyclic) bond motifs is 1. The molecule has 2 aromatic heterocycles. The molecule has 0 amide bonds. The van der Waals surface area contributed by atoms with Crippen LogP contribution in [0, 0.1) is 10.1 Å². The van der Waals surface area contributed by atoms with Crippen molar-refractivity contribution in [2.24, 2.45) is 0 Å². The van der Waals surface area contributed by atoms with Crippen molar-refractivity contribution in [1.29, 1.82) is 0 Å². The zero-order valence-electron chi connectivity index (χ0n) is 7.12. The van der Waals surface area contributed by atoms with Crippen molar-refractivity contribution in [2.75, 3.05) is 0 Å². The van der Waals surface area contributed by atoms with Crippen molar-refractivity contribution in [3.8, 4) is 5.75 Å². The lowest BCUT2D eigenvalue weighted by molar-refractivity contribution is -0.513. The lowest BCUT2D eigenvalue weighted by Crippen LogP contribution is -2.20. The van der Waals surface area contributed by atoms with Crippen LogP contribution in [-0.2, 0) is 0 Å². The summed E-state index contributed by atoms with van der Waals surface area (Å²) >= 11 is 0. The minimum Gasteiger partial charge on any atom is -0.497 e. The van der Waals surface area contributed by atoms with Gasteiger partial charge in [-0.05, 0) is 6.07 Å². The summed E-state index contributed by atoms with van der Waals surface area (Å²) in [5, 5.41) is 20.1. The van der Waals surface area contributed by atoms with Gasteiger partial charge in [-0.1, -0.05) is 0 Å². The Morgan fingerprint density at radius 1 is 1.29 bits per heavy atom. The Morgan fingerprint density at radius 3 is 2.79 bits per heavy atom. The number of hydrogen-bond donors (Lipinski definition) is 1. The average Bonchev–Trinajstić information content (AvgIpc) is 2.18. The summed E-state index contributed by atoms with van der Waals surface area (Å²) in [6.07, 6.45) is 3.24. The molecule has 0 atom stereocenters. The first kappa shape index (κ1) is 8.43. The Kier molecular flexibility index (Phi) is 1.78. The van der Waals surface area contributed by atoms with Gasteiger partial charge in [0.05, 0.1) is 11.0 Å². The molecule has 0 aliphatic heterocycles. The second kappa shape index (κ2) is 2.95. The van der Waals surface area contributed by atoms with Crippen LogP contribution in [0.1, 0.15) is 0 Å². The Bertz CT molecular complexity index is 510. The van der Waals surface area contributed by atoms with Crippen LogP contribution < -0.4 is 4.40 Å². The van der Waals surface area contributed by atoms with Crippen LogP contribution >= 0.6 is 0 Å². The van der Waals surface area contributed by atoms with E-state index in [1.165, 1.54) is 12.3 Å². The molecule has 0 unspecified atom stereocenters. The second-order valence-corrected chi connectivity index (χ2v) is 2.80. The van der Waals surface area contributed by atoms with Crippen molar-refractivity contribution in [3.63, 3.8) is 0 Å². The number of hydrogen-bond acceptors (Lipinski definition) is 3. The standard InChI is InChI=1S/C9H6N2O3/c12-9-7-3-1-2-5-10(7)6-4-8(9)11(13)14/h1-6H/p+1. The predicted octanol–water partition coefficient (Wildman–Crippen LogP) is 1.04. The van der Waals surface area contributed by atoms with Crippen molar-refractivity contribution in [1.82, 2.24) is 0 Å². The molecule has 2 aromatic rings. The number of pyridine rings is 2. The van der Waals surface area contributed by atoms with E-state index in [1.807, 2.05) is 0 Å². The highest BCUT2D eigenvalue weighted by Gasteiger charge is 2.20. The molecule has 1 N–H and O–H groups in total. The van der Waals surface area contributed by atoms with E-state index in [-0.39, 0.29) is 11.4 Å². The first-order chi connectivity index (χ1) is 6.70. The lowest BCUT2D eigenvalue weighted by atomic mass is 10.3. The maximum Gasteiger partial charge on any atom is 0.323 e. The molecule has 0 aliphatic carbocycles. The van der Waals surface area contributed by atoms with E-state index in [2.05, 4.69) is 0 Å². The molecule has 5 nitrogen and oxygen atoms in total. The number of nitro groups is 1. The van der Waals surface area contributed by atoms with E-state index in [4.69, 9.17) is 0 Å². The fraction of sp³-hybridized carbons (Fsp3) is 0. The van der Waals surface area contributed by atoms with E-state index >= 15 is 0 Å². The quantitative estimate of drug-likeness (QED) is 0.416. The van der Waals surface area contributed by atoms with Crippen molar-refractivity contribution in [3.05, 3.63) is 46.8 Å². The van der Waals surface area contributed by atoms with Gasteiger partial charge in [0.25, 0.3) is 11.3 Å². The van der Waals surface area contributed by atoms with Gasteiger partial charge in [0, 0.05) is 12.1 Å². The molecule has 0 aromatic carbocycles. The first-order valence-electron chi connectivity index (χ1n) is 3.96. The van der Waals surface area contributed by atoms with Gasteiger partial charge in [0.15, 0.2) is 12.4 Å². The summed E-state index contributed by atoms with van der Waals surface area (Å²) in [6, 6.07) is 6.36. The minimum absolute atomic E-state index is 0.281. The fourth-order valence-corrected chi connectivity index (χ4v) is 1.30. The highest BCUT2D eigenvalue weighted by Crippen LogP contribution is 2.26. The highest BCUT2D eigenvalue weighted by atomic mass is 16.6. The van der Waals surface area contributed by atoms with Crippen molar-refractivity contribution >= 4 is 11.2 Å². The summed E-state index contributed by atoms with van der Waals surface area (Å²) < 4.78 is 1.61. The van der Waals surface area contributed by atoms with E-state index in [0.29, 0.717) is 5.52 Å². The molecule has 5 heteroatoms. The summed E-state index contributed by atoms with van der Waals surface area (Å²) in [7, 11) is 0. The average molecular weight is 191 g/mol. The molecule has 0 saturated heterocycles. The van der Waals surface area contributed by atoms with Crippen molar-refractivity contribution in [2.45, 2.75) is 0 Å². The SMILES string of the molecule is O=[N+]([O-])c1cc[n+]2ccccc2c1O. The van der Waals surface area contributed by atoms with Gasteiger partial charge < -0.3 is 5.11 Å². The molecule has 0 spiro atoms. The fourth-order valence-electron chi connectivity index (χ4n) is 1.30. The highest BCUT2D eigenvalue weighted by molar-refractivity contribution is 5.62. The summed E-state index contributed by atoms with van der Waals surface area (Å²) in [5.41, 5.74) is 0.137. The van der Waals surface area contributed by atoms with Crippen LogP contribution in [0.2, 0.25) is 0 Å². The molecular formula is C9H7N2O3+.